The van der Waals surface area contributed by atoms with Crippen molar-refractivity contribution in [2.45, 2.75) is 26.7 Å². The molecule has 0 saturated heterocycles. The molecular formula is C14H15ClN2O2. The van der Waals surface area contributed by atoms with E-state index in [9.17, 15) is 4.79 Å². The van der Waals surface area contributed by atoms with Gasteiger partial charge in [-0.25, -0.2) is 4.98 Å². The number of anilines is 1. The zero-order valence-corrected chi connectivity index (χ0v) is 11.6. The fourth-order valence-corrected chi connectivity index (χ4v) is 1.97. The molecule has 0 fully saturated rings. The van der Waals surface area contributed by atoms with E-state index in [4.69, 9.17) is 16.0 Å². The largest absolute Gasteiger partial charge is 0.449 e. The highest BCUT2D eigenvalue weighted by Gasteiger charge is 2.07. The van der Waals surface area contributed by atoms with Crippen LogP contribution in [-0.2, 0) is 11.2 Å². The van der Waals surface area contributed by atoms with E-state index < -0.39 is 0 Å². The van der Waals surface area contributed by atoms with E-state index in [-0.39, 0.29) is 5.91 Å². The molecule has 1 heterocycles. The third-order valence-electron chi connectivity index (χ3n) is 2.74. The Hall–Kier alpha value is -1.81. The van der Waals surface area contributed by atoms with Crippen molar-refractivity contribution in [3.05, 3.63) is 46.6 Å². The Morgan fingerprint density at radius 3 is 2.84 bits per heavy atom. The van der Waals surface area contributed by atoms with Gasteiger partial charge in [-0.05, 0) is 30.7 Å². The first kappa shape index (κ1) is 13.6. The fourth-order valence-electron chi connectivity index (χ4n) is 1.74. The number of hydrogen-bond donors (Lipinski definition) is 1. The van der Waals surface area contributed by atoms with E-state index in [0.29, 0.717) is 23.8 Å². The molecule has 0 aliphatic heterocycles. The normalized spacial score (nSPS) is 10.5. The Morgan fingerprint density at radius 1 is 1.42 bits per heavy atom. The minimum absolute atomic E-state index is 0.0499. The Bertz CT molecular complexity index is 593. The number of carbonyl (C=O) groups is 1. The van der Waals surface area contributed by atoms with Gasteiger partial charge >= 0.3 is 0 Å². The first-order valence-electron chi connectivity index (χ1n) is 6.01. The van der Waals surface area contributed by atoms with Crippen LogP contribution in [0, 0.1) is 13.8 Å². The molecule has 1 N–H and O–H groups in total. The molecule has 0 unspecified atom stereocenters. The van der Waals surface area contributed by atoms with Crippen molar-refractivity contribution in [2.24, 2.45) is 0 Å². The van der Waals surface area contributed by atoms with Crippen molar-refractivity contribution in [1.82, 2.24) is 4.98 Å². The first-order chi connectivity index (χ1) is 9.04. The van der Waals surface area contributed by atoms with Crippen LogP contribution in [0.25, 0.3) is 0 Å². The lowest BCUT2D eigenvalue weighted by atomic mass is 10.2. The second kappa shape index (κ2) is 5.89. The lowest BCUT2D eigenvalue weighted by molar-refractivity contribution is -0.116. The fraction of sp³-hybridized carbons (Fsp3) is 0.286. The van der Waals surface area contributed by atoms with Gasteiger partial charge in [0.05, 0.1) is 5.69 Å². The van der Waals surface area contributed by atoms with Gasteiger partial charge in [-0.1, -0.05) is 11.6 Å². The van der Waals surface area contributed by atoms with Crippen LogP contribution >= 0.6 is 11.6 Å². The molecule has 0 atom stereocenters. The summed E-state index contributed by atoms with van der Waals surface area (Å²) in [6.07, 6.45) is 2.51. The summed E-state index contributed by atoms with van der Waals surface area (Å²) in [6, 6.07) is 5.37. The number of halogens is 1. The highest BCUT2D eigenvalue weighted by molar-refractivity contribution is 6.30. The number of rotatable bonds is 4. The van der Waals surface area contributed by atoms with E-state index in [1.807, 2.05) is 13.0 Å². The van der Waals surface area contributed by atoms with E-state index >= 15 is 0 Å². The molecule has 0 radical (unpaired) electrons. The summed E-state index contributed by atoms with van der Waals surface area (Å²) in [4.78, 5) is 16.0. The highest BCUT2D eigenvalue weighted by Crippen LogP contribution is 2.19. The monoisotopic (exact) mass is 278 g/mol. The van der Waals surface area contributed by atoms with Gasteiger partial charge in [0, 0.05) is 30.5 Å². The van der Waals surface area contributed by atoms with Crippen molar-refractivity contribution in [3.63, 3.8) is 0 Å². The summed E-state index contributed by atoms with van der Waals surface area (Å²) in [5.41, 5.74) is 2.52. The Balaban J connectivity index is 1.90. The topological polar surface area (TPSA) is 55.1 Å². The number of benzene rings is 1. The lowest BCUT2D eigenvalue weighted by Gasteiger charge is -2.08. The first-order valence-corrected chi connectivity index (χ1v) is 6.39. The molecule has 5 heteroatoms. The molecule has 2 aromatic rings. The minimum Gasteiger partial charge on any atom is -0.449 e. The average Bonchev–Trinajstić information content (AvgIpc) is 2.76. The van der Waals surface area contributed by atoms with Gasteiger partial charge in [0.2, 0.25) is 5.91 Å². The van der Waals surface area contributed by atoms with Crippen molar-refractivity contribution in [1.29, 1.82) is 0 Å². The molecule has 4 nitrogen and oxygen atoms in total. The molecule has 1 aromatic carbocycles. The number of carbonyl (C=O) groups excluding carboxylic acids is 1. The zero-order valence-electron chi connectivity index (χ0n) is 10.9. The third-order valence-corrected chi connectivity index (χ3v) is 2.97. The smallest absolute Gasteiger partial charge is 0.224 e. The number of nitrogens with one attached hydrogen (secondary N) is 1. The van der Waals surface area contributed by atoms with Crippen molar-refractivity contribution in [2.75, 3.05) is 5.32 Å². The lowest BCUT2D eigenvalue weighted by Crippen LogP contribution is -2.13. The standard InChI is InChI=1S/C14H15ClN2O2/c1-9-7-11(15)3-5-13(9)17-14(18)6-4-12-8-19-10(2)16-12/h3,5,7-8H,4,6H2,1-2H3,(H,17,18). The van der Waals surface area contributed by atoms with Crippen LogP contribution in [0.1, 0.15) is 23.6 Å². The third kappa shape index (κ3) is 3.83. The van der Waals surface area contributed by atoms with Crippen LogP contribution in [0.5, 0.6) is 0 Å². The average molecular weight is 279 g/mol. The summed E-state index contributed by atoms with van der Waals surface area (Å²) in [6.45, 7) is 3.68. The number of oxazole rings is 1. The second-order valence-corrected chi connectivity index (χ2v) is 4.80. The maximum Gasteiger partial charge on any atom is 0.224 e. The van der Waals surface area contributed by atoms with Crippen LogP contribution in [0.2, 0.25) is 5.02 Å². The van der Waals surface area contributed by atoms with Crippen LogP contribution in [0.3, 0.4) is 0 Å². The molecule has 19 heavy (non-hydrogen) atoms. The molecule has 0 aliphatic carbocycles. The van der Waals surface area contributed by atoms with Crippen LogP contribution in [-0.4, -0.2) is 10.9 Å². The summed E-state index contributed by atoms with van der Waals surface area (Å²) in [7, 11) is 0. The number of amides is 1. The van der Waals surface area contributed by atoms with E-state index in [1.165, 1.54) is 0 Å². The zero-order chi connectivity index (χ0) is 13.8. The Morgan fingerprint density at radius 2 is 2.21 bits per heavy atom. The summed E-state index contributed by atoms with van der Waals surface area (Å²) < 4.78 is 5.09. The predicted molar refractivity (Wildman–Crippen MR) is 74.4 cm³/mol. The number of aryl methyl sites for hydroxylation is 3. The van der Waals surface area contributed by atoms with Gasteiger partial charge in [0.1, 0.15) is 6.26 Å². The number of hydrogen-bond acceptors (Lipinski definition) is 3. The predicted octanol–water partition coefficient (Wildman–Crippen LogP) is 3.52. The van der Waals surface area contributed by atoms with Crippen LogP contribution < -0.4 is 5.32 Å². The number of nitrogens with zero attached hydrogens (tertiary/aromatic N) is 1. The molecule has 0 saturated carbocycles. The van der Waals surface area contributed by atoms with Gasteiger partial charge in [-0.3, -0.25) is 4.79 Å². The Labute approximate surface area is 116 Å². The van der Waals surface area contributed by atoms with E-state index in [2.05, 4.69) is 10.3 Å². The molecule has 1 aromatic heterocycles. The molecule has 1 amide bonds. The Kier molecular flexibility index (Phi) is 4.22. The van der Waals surface area contributed by atoms with Crippen molar-refractivity contribution >= 4 is 23.2 Å². The highest BCUT2D eigenvalue weighted by atomic mass is 35.5. The van der Waals surface area contributed by atoms with Crippen molar-refractivity contribution in [3.8, 4) is 0 Å². The van der Waals surface area contributed by atoms with Gasteiger partial charge in [0.25, 0.3) is 0 Å². The molecule has 0 bridgehead atoms. The van der Waals surface area contributed by atoms with Crippen molar-refractivity contribution < 1.29 is 9.21 Å². The molecule has 2 rings (SSSR count). The molecular weight excluding hydrogens is 264 g/mol. The van der Waals surface area contributed by atoms with Crippen LogP contribution in [0.4, 0.5) is 5.69 Å². The molecule has 0 spiro atoms. The maximum absolute atomic E-state index is 11.8. The maximum atomic E-state index is 11.8. The van der Waals surface area contributed by atoms with Gasteiger partial charge < -0.3 is 9.73 Å². The summed E-state index contributed by atoms with van der Waals surface area (Å²) in [5, 5.41) is 3.52. The van der Waals surface area contributed by atoms with E-state index in [0.717, 1.165) is 16.9 Å². The van der Waals surface area contributed by atoms with Gasteiger partial charge in [-0.2, -0.15) is 0 Å². The van der Waals surface area contributed by atoms with E-state index in [1.54, 1.807) is 25.3 Å². The van der Waals surface area contributed by atoms with Gasteiger partial charge in [-0.15, -0.1) is 0 Å². The second-order valence-electron chi connectivity index (χ2n) is 4.37. The summed E-state index contributed by atoms with van der Waals surface area (Å²) >= 11 is 5.87. The van der Waals surface area contributed by atoms with Gasteiger partial charge in [0.15, 0.2) is 5.89 Å². The molecule has 0 aliphatic rings. The quantitative estimate of drug-likeness (QED) is 0.931. The van der Waals surface area contributed by atoms with Crippen LogP contribution in [0.15, 0.2) is 28.9 Å². The summed E-state index contributed by atoms with van der Waals surface area (Å²) in [5.74, 6) is 0.565. The number of aromatic nitrogens is 1. The molecule has 100 valence electrons. The minimum atomic E-state index is -0.0499. The SMILES string of the molecule is Cc1nc(CCC(=O)Nc2ccc(Cl)cc2C)co1.